The molecule has 0 amide bonds. The van der Waals surface area contributed by atoms with Crippen LogP contribution in [0.4, 0.5) is 0 Å². The van der Waals surface area contributed by atoms with Crippen LogP contribution in [0.2, 0.25) is 5.02 Å². The Balaban J connectivity index is 2.77. The lowest BCUT2D eigenvalue weighted by Gasteiger charge is -1.92. The molecule has 0 aliphatic rings. The maximum Gasteiger partial charge on any atom is 0.0668 e. The monoisotopic (exact) mass is 176 g/mol. The highest BCUT2D eigenvalue weighted by Crippen LogP contribution is 2.26. The van der Waals surface area contributed by atoms with E-state index in [1.807, 2.05) is 30.6 Å². The van der Waals surface area contributed by atoms with E-state index in [4.69, 9.17) is 11.6 Å². The van der Waals surface area contributed by atoms with Gasteiger partial charge in [-0.1, -0.05) is 11.6 Å². The van der Waals surface area contributed by atoms with Crippen molar-refractivity contribution in [3.8, 4) is 0 Å². The van der Waals surface area contributed by atoms with Crippen molar-refractivity contribution in [2.45, 2.75) is 0 Å². The van der Waals surface area contributed by atoms with Crippen molar-refractivity contribution < 1.29 is 0 Å². The van der Waals surface area contributed by atoms with Crippen molar-refractivity contribution in [3.05, 3.63) is 35.6 Å². The van der Waals surface area contributed by atoms with Crippen molar-refractivity contribution in [3.63, 3.8) is 0 Å². The molecule has 3 aromatic heterocycles. The van der Waals surface area contributed by atoms with E-state index in [2.05, 4.69) is 9.38 Å². The highest BCUT2D eigenvalue weighted by molar-refractivity contribution is 6.34. The van der Waals surface area contributed by atoms with Crippen molar-refractivity contribution in [2.75, 3.05) is 0 Å². The quantitative estimate of drug-likeness (QED) is 0.515. The molecule has 0 radical (unpaired) electrons. The van der Waals surface area contributed by atoms with E-state index in [1.54, 1.807) is 0 Å². The molecule has 3 heterocycles. The molecule has 2 nitrogen and oxygen atoms in total. The molecular weight excluding hydrogens is 172 g/mol. The highest BCUT2D eigenvalue weighted by Gasteiger charge is 2.06. The Morgan fingerprint density at radius 1 is 1.17 bits per heavy atom. The van der Waals surface area contributed by atoms with Gasteiger partial charge in [0.2, 0.25) is 0 Å². The Hall–Kier alpha value is -1.28. The van der Waals surface area contributed by atoms with Crippen molar-refractivity contribution in [1.29, 1.82) is 0 Å². The van der Waals surface area contributed by atoms with Crippen LogP contribution in [0, 0.1) is 0 Å². The number of halogens is 1. The molecule has 0 unspecified atom stereocenters. The number of hydrogen-bond donors (Lipinski definition) is 0. The summed E-state index contributed by atoms with van der Waals surface area (Å²) < 4.78 is 2.09. The third-order valence-electron chi connectivity index (χ3n) is 2.10. The number of rotatable bonds is 0. The Bertz CT molecular complexity index is 541. The first kappa shape index (κ1) is 6.26. The second-order valence-electron chi connectivity index (χ2n) is 2.80. The Kier molecular flexibility index (Phi) is 0.991. The molecule has 0 aliphatic heterocycles. The number of aromatic nitrogens is 2. The first-order valence-electron chi connectivity index (χ1n) is 3.69. The average Bonchev–Trinajstić information content (AvgIpc) is 2.60. The average molecular weight is 177 g/mol. The molecule has 0 aliphatic carbocycles. The van der Waals surface area contributed by atoms with E-state index in [1.165, 1.54) is 0 Å². The molecule has 0 atom stereocenters. The Morgan fingerprint density at radius 3 is 2.92 bits per heavy atom. The van der Waals surface area contributed by atoms with Crippen LogP contribution in [0.3, 0.4) is 0 Å². The molecular formula is C9H5ClN2. The highest BCUT2D eigenvalue weighted by atomic mass is 35.5. The van der Waals surface area contributed by atoms with Crippen LogP contribution in [0.1, 0.15) is 0 Å². The van der Waals surface area contributed by atoms with Crippen molar-refractivity contribution >= 4 is 28.2 Å². The number of hydrogen-bond acceptors (Lipinski definition) is 1. The van der Waals surface area contributed by atoms with Gasteiger partial charge in [-0.15, -0.1) is 0 Å². The first-order chi connectivity index (χ1) is 5.86. The summed E-state index contributed by atoms with van der Waals surface area (Å²) in [6, 6.07) is 5.95. The molecule has 3 heteroatoms. The topological polar surface area (TPSA) is 17.3 Å². The van der Waals surface area contributed by atoms with Gasteiger partial charge in [0.15, 0.2) is 0 Å². The maximum atomic E-state index is 6.00. The molecule has 0 fully saturated rings. The van der Waals surface area contributed by atoms with Crippen LogP contribution < -0.4 is 0 Å². The molecule has 12 heavy (non-hydrogen) atoms. The van der Waals surface area contributed by atoms with E-state index < -0.39 is 0 Å². The third kappa shape index (κ3) is 0.588. The predicted octanol–water partition coefficient (Wildman–Crippen LogP) is 2.58. The second kappa shape index (κ2) is 1.90. The van der Waals surface area contributed by atoms with Crippen LogP contribution in [0.25, 0.3) is 16.6 Å². The van der Waals surface area contributed by atoms with Crippen LogP contribution in [0.15, 0.2) is 30.6 Å². The summed E-state index contributed by atoms with van der Waals surface area (Å²) in [5.74, 6) is 0. The SMILES string of the molecule is Clc1cc2cncc3ccc1n32. The fourth-order valence-corrected chi connectivity index (χ4v) is 1.84. The van der Waals surface area contributed by atoms with Crippen LogP contribution in [-0.2, 0) is 0 Å². The lowest BCUT2D eigenvalue weighted by molar-refractivity contribution is 1.25. The summed E-state index contributed by atoms with van der Waals surface area (Å²) in [4.78, 5) is 4.10. The van der Waals surface area contributed by atoms with E-state index in [9.17, 15) is 0 Å². The minimum Gasteiger partial charge on any atom is -0.306 e. The standard InChI is InChI=1S/C9H5ClN2/c10-8-3-7-5-11-4-6-1-2-9(8)12(6)7/h1-5H. The zero-order chi connectivity index (χ0) is 8.13. The fourth-order valence-electron chi connectivity index (χ4n) is 1.58. The van der Waals surface area contributed by atoms with Crippen LogP contribution in [-0.4, -0.2) is 9.38 Å². The van der Waals surface area contributed by atoms with Gasteiger partial charge < -0.3 is 4.40 Å². The van der Waals surface area contributed by atoms with E-state index in [-0.39, 0.29) is 0 Å². The van der Waals surface area contributed by atoms with Gasteiger partial charge in [0, 0.05) is 0 Å². The zero-order valence-corrected chi connectivity index (χ0v) is 6.92. The summed E-state index contributed by atoms with van der Waals surface area (Å²) >= 11 is 6.00. The molecule has 0 N–H and O–H groups in total. The second-order valence-corrected chi connectivity index (χ2v) is 3.21. The fraction of sp³-hybridized carbons (Fsp3) is 0. The smallest absolute Gasteiger partial charge is 0.0668 e. The lowest BCUT2D eigenvalue weighted by atomic mass is 10.4. The molecule has 0 saturated heterocycles. The largest absolute Gasteiger partial charge is 0.306 e. The van der Waals surface area contributed by atoms with Gasteiger partial charge in [-0.25, -0.2) is 0 Å². The van der Waals surface area contributed by atoms with Crippen LogP contribution >= 0.6 is 11.6 Å². The number of nitrogens with zero attached hydrogens (tertiary/aromatic N) is 2. The normalized spacial score (nSPS) is 11.8. The minimum atomic E-state index is 0.790. The molecule has 0 aromatic carbocycles. The maximum absolute atomic E-state index is 6.00. The van der Waals surface area contributed by atoms with Gasteiger partial charge in [-0.05, 0) is 18.2 Å². The Labute approximate surface area is 73.7 Å². The van der Waals surface area contributed by atoms with Crippen LogP contribution in [0.5, 0.6) is 0 Å². The van der Waals surface area contributed by atoms with E-state index in [0.717, 1.165) is 21.6 Å². The van der Waals surface area contributed by atoms with Gasteiger partial charge in [0.1, 0.15) is 0 Å². The molecule has 3 rings (SSSR count). The molecule has 0 saturated carbocycles. The Morgan fingerprint density at radius 2 is 2.00 bits per heavy atom. The third-order valence-corrected chi connectivity index (χ3v) is 2.40. The van der Waals surface area contributed by atoms with Gasteiger partial charge in [-0.3, -0.25) is 4.98 Å². The van der Waals surface area contributed by atoms with E-state index >= 15 is 0 Å². The van der Waals surface area contributed by atoms with Gasteiger partial charge in [0.05, 0.1) is 34.0 Å². The summed E-state index contributed by atoms with van der Waals surface area (Å²) in [5, 5.41) is 0.790. The summed E-state index contributed by atoms with van der Waals surface area (Å²) in [7, 11) is 0. The van der Waals surface area contributed by atoms with Crippen molar-refractivity contribution in [1.82, 2.24) is 9.38 Å². The summed E-state index contributed by atoms with van der Waals surface area (Å²) in [5.41, 5.74) is 3.20. The van der Waals surface area contributed by atoms with Crippen molar-refractivity contribution in [2.24, 2.45) is 0 Å². The first-order valence-corrected chi connectivity index (χ1v) is 4.07. The molecule has 58 valence electrons. The summed E-state index contributed by atoms with van der Waals surface area (Å²) in [6.45, 7) is 0. The predicted molar refractivity (Wildman–Crippen MR) is 48.9 cm³/mol. The zero-order valence-electron chi connectivity index (χ0n) is 6.16. The van der Waals surface area contributed by atoms with Gasteiger partial charge in [0.25, 0.3) is 0 Å². The molecule has 3 aromatic rings. The summed E-state index contributed by atoms with van der Waals surface area (Å²) in [6.07, 6.45) is 3.64. The van der Waals surface area contributed by atoms with E-state index in [0.29, 0.717) is 0 Å². The molecule has 0 spiro atoms. The lowest BCUT2D eigenvalue weighted by Crippen LogP contribution is -1.81. The molecule has 0 bridgehead atoms. The van der Waals surface area contributed by atoms with Gasteiger partial charge >= 0.3 is 0 Å². The van der Waals surface area contributed by atoms with Gasteiger partial charge in [-0.2, -0.15) is 0 Å². The minimum absolute atomic E-state index is 0.790.